The number of aliphatic hydroxyl groups is 1. The number of methoxy groups -OCH3 is 1. The molecule has 0 fully saturated rings. The molecule has 0 saturated heterocycles. The van der Waals surface area contributed by atoms with E-state index in [4.69, 9.17) is 9.84 Å². The fourth-order valence-corrected chi connectivity index (χ4v) is 2.19. The number of fused-ring (bicyclic) bond motifs is 1. The van der Waals surface area contributed by atoms with Crippen molar-refractivity contribution in [2.75, 3.05) is 26.8 Å². The standard InChI is InChI=1S/C11H17N3O3/c1-13-9-3-4-14(5-6-15)7-8(9)12-10(13)11(16)17-2/h15H,3-7H2,1-2H3. The summed E-state index contributed by atoms with van der Waals surface area (Å²) in [6, 6.07) is 0. The topological polar surface area (TPSA) is 67.6 Å². The summed E-state index contributed by atoms with van der Waals surface area (Å²) in [6.07, 6.45) is 0.843. The van der Waals surface area contributed by atoms with Gasteiger partial charge < -0.3 is 14.4 Å². The van der Waals surface area contributed by atoms with Crippen LogP contribution in [0.4, 0.5) is 0 Å². The third-order valence-corrected chi connectivity index (χ3v) is 3.12. The highest BCUT2D eigenvalue weighted by atomic mass is 16.5. The van der Waals surface area contributed by atoms with E-state index in [2.05, 4.69) is 9.88 Å². The maximum Gasteiger partial charge on any atom is 0.374 e. The number of rotatable bonds is 3. The molecule has 0 atom stereocenters. The predicted molar refractivity (Wildman–Crippen MR) is 60.6 cm³/mol. The van der Waals surface area contributed by atoms with Crippen LogP contribution in [0.5, 0.6) is 0 Å². The van der Waals surface area contributed by atoms with Crippen LogP contribution in [0, 0.1) is 0 Å². The van der Waals surface area contributed by atoms with Gasteiger partial charge in [-0.25, -0.2) is 9.78 Å². The fourth-order valence-electron chi connectivity index (χ4n) is 2.19. The van der Waals surface area contributed by atoms with E-state index >= 15 is 0 Å². The lowest BCUT2D eigenvalue weighted by molar-refractivity contribution is 0.0582. The molecule has 0 bridgehead atoms. The Labute approximate surface area is 99.8 Å². The number of nitrogens with zero attached hydrogens (tertiary/aromatic N) is 3. The average Bonchev–Trinajstić information content (AvgIpc) is 2.66. The number of carbonyl (C=O) groups excluding carboxylic acids is 1. The van der Waals surface area contributed by atoms with Gasteiger partial charge in [-0.2, -0.15) is 0 Å². The number of aliphatic hydroxyl groups excluding tert-OH is 1. The zero-order chi connectivity index (χ0) is 12.4. The molecule has 2 heterocycles. The van der Waals surface area contributed by atoms with Crippen LogP contribution >= 0.6 is 0 Å². The number of imidazole rings is 1. The Morgan fingerprint density at radius 3 is 3.00 bits per heavy atom. The normalized spacial score (nSPS) is 15.7. The zero-order valence-corrected chi connectivity index (χ0v) is 10.1. The fraction of sp³-hybridized carbons (Fsp3) is 0.636. The first-order chi connectivity index (χ1) is 8.17. The SMILES string of the molecule is COC(=O)c1nc2c(n1C)CCN(CCO)C2. The first kappa shape index (κ1) is 12.1. The van der Waals surface area contributed by atoms with E-state index in [1.807, 2.05) is 7.05 Å². The molecule has 1 aromatic heterocycles. The molecular formula is C11H17N3O3. The molecule has 0 aromatic carbocycles. The molecule has 1 aromatic rings. The second-order valence-electron chi connectivity index (χ2n) is 4.13. The smallest absolute Gasteiger partial charge is 0.374 e. The Balaban J connectivity index is 2.25. The zero-order valence-electron chi connectivity index (χ0n) is 10.1. The van der Waals surface area contributed by atoms with Gasteiger partial charge in [0.15, 0.2) is 0 Å². The Morgan fingerprint density at radius 1 is 1.59 bits per heavy atom. The lowest BCUT2D eigenvalue weighted by Gasteiger charge is -2.25. The van der Waals surface area contributed by atoms with Gasteiger partial charge in [0.05, 0.1) is 19.4 Å². The van der Waals surface area contributed by atoms with E-state index in [-0.39, 0.29) is 6.61 Å². The maximum absolute atomic E-state index is 11.5. The largest absolute Gasteiger partial charge is 0.463 e. The van der Waals surface area contributed by atoms with Gasteiger partial charge >= 0.3 is 5.97 Å². The minimum atomic E-state index is -0.407. The lowest BCUT2D eigenvalue weighted by atomic mass is 10.1. The highest BCUT2D eigenvalue weighted by molar-refractivity contribution is 5.85. The highest BCUT2D eigenvalue weighted by Crippen LogP contribution is 2.19. The Kier molecular flexibility index (Phi) is 3.44. The number of ether oxygens (including phenoxy) is 1. The number of carbonyl (C=O) groups is 1. The van der Waals surface area contributed by atoms with Crippen molar-refractivity contribution in [1.82, 2.24) is 14.5 Å². The van der Waals surface area contributed by atoms with E-state index in [1.54, 1.807) is 4.57 Å². The molecule has 0 amide bonds. The number of aromatic nitrogens is 2. The monoisotopic (exact) mass is 239 g/mol. The van der Waals surface area contributed by atoms with Crippen molar-refractivity contribution in [3.8, 4) is 0 Å². The Hall–Kier alpha value is -1.40. The minimum Gasteiger partial charge on any atom is -0.463 e. The van der Waals surface area contributed by atoms with E-state index in [1.165, 1.54) is 7.11 Å². The molecule has 0 aliphatic carbocycles. The van der Waals surface area contributed by atoms with E-state index in [9.17, 15) is 4.79 Å². The maximum atomic E-state index is 11.5. The van der Waals surface area contributed by atoms with Crippen LogP contribution in [0.25, 0.3) is 0 Å². The van der Waals surface area contributed by atoms with Crippen LogP contribution in [0.2, 0.25) is 0 Å². The molecular weight excluding hydrogens is 222 g/mol. The van der Waals surface area contributed by atoms with Gasteiger partial charge in [-0.15, -0.1) is 0 Å². The minimum absolute atomic E-state index is 0.145. The second kappa shape index (κ2) is 4.85. The summed E-state index contributed by atoms with van der Waals surface area (Å²) >= 11 is 0. The van der Waals surface area contributed by atoms with Gasteiger partial charge in [-0.3, -0.25) is 4.90 Å². The summed E-state index contributed by atoms with van der Waals surface area (Å²) in [5.41, 5.74) is 1.99. The van der Waals surface area contributed by atoms with Crippen LogP contribution in [0.3, 0.4) is 0 Å². The van der Waals surface area contributed by atoms with Gasteiger partial charge in [-0.05, 0) is 0 Å². The van der Waals surface area contributed by atoms with Gasteiger partial charge in [0.2, 0.25) is 5.82 Å². The molecule has 0 saturated carbocycles. The van der Waals surface area contributed by atoms with Crippen LogP contribution in [-0.4, -0.2) is 52.3 Å². The van der Waals surface area contributed by atoms with Crippen LogP contribution < -0.4 is 0 Å². The Morgan fingerprint density at radius 2 is 2.35 bits per heavy atom. The van der Waals surface area contributed by atoms with Crippen molar-refractivity contribution >= 4 is 5.97 Å². The van der Waals surface area contributed by atoms with Crippen molar-refractivity contribution in [3.63, 3.8) is 0 Å². The molecule has 94 valence electrons. The number of esters is 1. The van der Waals surface area contributed by atoms with Gasteiger partial charge in [0, 0.05) is 38.8 Å². The van der Waals surface area contributed by atoms with Crippen molar-refractivity contribution in [3.05, 3.63) is 17.2 Å². The third-order valence-electron chi connectivity index (χ3n) is 3.12. The van der Waals surface area contributed by atoms with Crippen molar-refractivity contribution in [2.24, 2.45) is 7.05 Å². The van der Waals surface area contributed by atoms with Gasteiger partial charge in [-0.1, -0.05) is 0 Å². The summed E-state index contributed by atoms with van der Waals surface area (Å²) in [7, 11) is 3.19. The molecule has 0 spiro atoms. The summed E-state index contributed by atoms with van der Waals surface area (Å²) in [4.78, 5) is 17.9. The molecule has 0 unspecified atom stereocenters. The number of β-amino-alcohol motifs (C(OH)–C–C–N with tert-alkyl or cyclic N) is 1. The van der Waals surface area contributed by atoms with E-state index in [0.29, 0.717) is 18.9 Å². The molecule has 1 N–H and O–H groups in total. The number of hydrogen-bond donors (Lipinski definition) is 1. The first-order valence-corrected chi connectivity index (χ1v) is 5.63. The summed E-state index contributed by atoms with van der Waals surface area (Å²) in [5.74, 6) is -0.0565. The highest BCUT2D eigenvalue weighted by Gasteiger charge is 2.25. The predicted octanol–water partition coefficient (Wildman–Crippen LogP) is -0.443. The molecule has 2 rings (SSSR count). The Bertz CT molecular complexity index is 428. The van der Waals surface area contributed by atoms with E-state index in [0.717, 1.165) is 24.4 Å². The van der Waals surface area contributed by atoms with Gasteiger partial charge in [0.25, 0.3) is 0 Å². The molecule has 1 aliphatic heterocycles. The lowest BCUT2D eigenvalue weighted by Crippen LogP contribution is -2.33. The molecule has 17 heavy (non-hydrogen) atoms. The van der Waals surface area contributed by atoms with Crippen molar-refractivity contribution in [2.45, 2.75) is 13.0 Å². The van der Waals surface area contributed by atoms with Crippen LogP contribution in [0.15, 0.2) is 0 Å². The average molecular weight is 239 g/mol. The van der Waals surface area contributed by atoms with E-state index < -0.39 is 5.97 Å². The first-order valence-electron chi connectivity index (χ1n) is 5.63. The van der Waals surface area contributed by atoms with Crippen LogP contribution in [0.1, 0.15) is 22.0 Å². The van der Waals surface area contributed by atoms with Crippen molar-refractivity contribution < 1.29 is 14.6 Å². The summed E-state index contributed by atoms with van der Waals surface area (Å²) in [6.45, 7) is 2.35. The third kappa shape index (κ3) is 2.18. The van der Waals surface area contributed by atoms with Crippen LogP contribution in [-0.2, 0) is 24.8 Å². The molecule has 6 heteroatoms. The molecule has 0 radical (unpaired) electrons. The summed E-state index contributed by atoms with van der Waals surface area (Å²) < 4.78 is 6.50. The second-order valence-corrected chi connectivity index (χ2v) is 4.13. The number of hydrogen-bond acceptors (Lipinski definition) is 5. The summed E-state index contributed by atoms with van der Waals surface area (Å²) in [5, 5.41) is 8.91. The molecule has 6 nitrogen and oxygen atoms in total. The van der Waals surface area contributed by atoms with Gasteiger partial charge in [0.1, 0.15) is 0 Å². The van der Waals surface area contributed by atoms with Crippen molar-refractivity contribution in [1.29, 1.82) is 0 Å². The quantitative estimate of drug-likeness (QED) is 0.724. The molecule has 1 aliphatic rings.